The summed E-state index contributed by atoms with van der Waals surface area (Å²) in [5.41, 5.74) is -1.69. The van der Waals surface area contributed by atoms with Crippen LogP contribution >= 0.6 is 0 Å². The van der Waals surface area contributed by atoms with Gasteiger partial charge in [0.25, 0.3) is 5.91 Å². The fourth-order valence-corrected chi connectivity index (χ4v) is 2.05. The molecule has 1 aromatic rings. The maximum atomic E-state index is 12.8. The number of nitrogens with zero attached hydrogens (tertiary/aromatic N) is 3. The number of hydrogen-bond acceptors (Lipinski definition) is 3. The van der Waals surface area contributed by atoms with Crippen LogP contribution in [-0.4, -0.2) is 45.4 Å². The molecule has 0 aromatic carbocycles. The van der Waals surface area contributed by atoms with E-state index in [4.69, 9.17) is 0 Å². The number of likely N-dealkylation sites (N-methyl/N-ethyl adjacent to an activating group) is 1. The summed E-state index contributed by atoms with van der Waals surface area (Å²) in [4.78, 5) is 13.2. The number of carbonyl (C=O) groups is 1. The van der Waals surface area contributed by atoms with Crippen LogP contribution in [0.3, 0.4) is 0 Å². The van der Waals surface area contributed by atoms with Crippen molar-refractivity contribution < 1.29 is 23.1 Å². The first kappa shape index (κ1) is 14.8. The smallest absolute Gasteiger partial charge is 0.391 e. The Balaban J connectivity index is 2.15. The molecule has 5 nitrogen and oxygen atoms in total. The van der Waals surface area contributed by atoms with Gasteiger partial charge in [-0.1, -0.05) is 0 Å². The minimum absolute atomic E-state index is 0.0235. The van der Waals surface area contributed by atoms with Crippen LogP contribution in [0.25, 0.3) is 0 Å². The average Bonchev–Trinajstić information content (AvgIpc) is 3.09. The van der Waals surface area contributed by atoms with Crippen molar-refractivity contribution in [2.45, 2.75) is 25.1 Å². The number of carbonyl (C=O) groups excluding carboxylic acids is 1. The van der Waals surface area contributed by atoms with Gasteiger partial charge in [-0.2, -0.15) is 18.3 Å². The Labute approximate surface area is 114 Å². The molecule has 112 valence electrons. The molecule has 2 rings (SSSR count). The molecule has 1 aliphatic carbocycles. The van der Waals surface area contributed by atoms with Crippen molar-refractivity contribution in [3.05, 3.63) is 17.5 Å². The number of aliphatic hydroxyl groups excluding tert-OH is 1. The largest absolute Gasteiger partial charge is 0.435 e. The lowest BCUT2D eigenvalue weighted by atomic mass is 10.2. The Bertz CT molecular complexity index is 509. The summed E-state index contributed by atoms with van der Waals surface area (Å²) in [6.07, 6.45) is -2.53. The summed E-state index contributed by atoms with van der Waals surface area (Å²) in [5, 5.41) is 13.0. The first-order valence-electron chi connectivity index (χ1n) is 6.24. The predicted molar refractivity (Wildman–Crippen MR) is 63.9 cm³/mol. The van der Waals surface area contributed by atoms with E-state index in [9.17, 15) is 23.1 Å². The molecule has 0 saturated heterocycles. The van der Waals surface area contributed by atoms with Gasteiger partial charge < -0.3 is 10.0 Å². The van der Waals surface area contributed by atoms with Gasteiger partial charge in [-0.05, 0) is 18.8 Å². The van der Waals surface area contributed by atoms with Crippen LogP contribution in [0.5, 0.6) is 0 Å². The number of rotatable bonds is 4. The van der Waals surface area contributed by atoms with Crippen molar-refractivity contribution >= 4 is 5.91 Å². The maximum absolute atomic E-state index is 12.8. The first-order chi connectivity index (χ1) is 9.20. The van der Waals surface area contributed by atoms with E-state index in [0.717, 1.165) is 28.6 Å². The zero-order valence-electron chi connectivity index (χ0n) is 11.2. The Morgan fingerprint density at radius 2 is 2.20 bits per heavy atom. The van der Waals surface area contributed by atoms with Crippen LogP contribution in [0.1, 0.15) is 28.9 Å². The molecule has 0 radical (unpaired) electrons. The van der Waals surface area contributed by atoms with E-state index < -0.39 is 29.4 Å². The minimum Gasteiger partial charge on any atom is -0.391 e. The highest BCUT2D eigenvalue weighted by molar-refractivity contribution is 5.95. The lowest BCUT2D eigenvalue weighted by Crippen LogP contribution is -2.36. The molecule has 0 bridgehead atoms. The number of halogens is 3. The molecule has 1 aromatic heterocycles. The van der Waals surface area contributed by atoms with Crippen molar-refractivity contribution in [1.29, 1.82) is 0 Å². The van der Waals surface area contributed by atoms with E-state index >= 15 is 0 Å². The van der Waals surface area contributed by atoms with Crippen LogP contribution in [-0.2, 0) is 13.2 Å². The average molecular weight is 291 g/mol. The molecule has 1 heterocycles. The van der Waals surface area contributed by atoms with Crippen LogP contribution in [0.4, 0.5) is 13.2 Å². The predicted octanol–water partition coefficient (Wildman–Crippen LogP) is 1.28. The molecule has 1 aliphatic rings. The molecule has 8 heteroatoms. The number of aryl methyl sites for hydroxylation is 1. The van der Waals surface area contributed by atoms with Gasteiger partial charge in [0.05, 0.1) is 11.7 Å². The zero-order valence-corrected chi connectivity index (χ0v) is 11.2. The summed E-state index contributed by atoms with van der Waals surface area (Å²) in [6, 6.07) is 0. The Morgan fingerprint density at radius 1 is 1.60 bits per heavy atom. The highest BCUT2D eigenvalue weighted by Gasteiger charge is 2.40. The molecule has 20 heavy (non-hydrogen) atoms. The van der Waals surface area contributed by atoms with Crippen LogP contribution in [0.15, 0.2) is 6.20 Å². The van der Waals surface area contributed by atoms with Crippen LogP contribution in [0, 0.1) is 5.92 Å². The van der Waals surface area contributed by atoms with E-state index in [2.05, 4.69) is 5.10 Å². The zero-order chi connectivity index (χ0) is 15.1. The molecule has 1 atom stereocenters. The molecule has 0 aliphatic heterocycles. The minimum atomic E-state index is -4.68. The molecule has 1 saturated carbocycles. The summed E-state index contributed by atoms with van der Waals surface area (Å²) in [6.45, 7) is 0.0235. The number of amides is 1. The SMILES string of the molecule is CN(CC(O)C1CC1)C(=O)c1cn(C)nc1C(F)(F)F. The molecular formula is C12H16F3N3O2. The third kappa shape index (κ3) is 3.12. The van der Waals surface area contributed by atoms with Gasteiger partial charge >= 0.3 is 6.18 Å². The number of hydrogen-bond donors (Lipinski definition) is 1. The summed E-state index contributed by atoms with van der Waals surface area (Å²) < 4.78 is 39.3. The standard InChI is InChI=1S/C12H16F3N3O2/c1-17(6-9(19)7-3-4-7)11(20)8-5-18(2)16-10(8)12(13,14)15/h5,7,9,19H,3-4,6H2,1-2H3. The monoisotopic (exact) mass is 291 g/mol. The third-order valence-corrected chi connectivity index (χ3v) is 3.30. The van der Waals surface area contributed by atoms with Crippen LogP contribution in [0.2, 0.25) is 0 Å². The Morgan fingerprint density at radius 3 is 2.70 bits per heavy atom. The quantitative estimate of drug-likeness (QED) is 0.909. The second-order valence-corrected chi connectivity index (χ2v) is 5.15. The summed E-state index contributed by atoms with van der Waals surface area (Å²) in [7, 11) is 2.70. The van der Waals surface area contributed by atoms with Gasteiger partial charge in [0, 0.05) is 26.8 Å². The van der Waals surface area contributed by atoms with Gasteiger partial charge in [0.15, 0.2) is 5.69 Å². The lowest BCUT2D eigenvalue weighted by Gasteiger charge is -2.20. The van der Waals surface area contributed by atoms with Crippen molar-refractivity contribution in [2.75, 3.05) is 13.6 Å². The van der Waals surface area contributed by atoms with Gasteiger partial charge in [-0.3, -0.25) is 9.48 Å². The van der Waals surface area contributed by atoms with E-state index in [1.165, 1.54) is 14.1 Å². The molecule has 1 fully saturated rings. The second-order valence-electron chi connectivity index (χ2n) is 5.15. The molecule has 1 unspecified atom stereocenters. The molecule has 0 spiro atoms. The number of alkyl halides is 3. The van der Waals surface area contributed by atoms with Gasteiger partial charge in [0.1, 0.15) is 0 Å². The summed E-state index contributed by atoms with van der Waals surface area (Å²) in [5.74, 6) is -0.633. The fraction of sp³-hybridized carbons (Fsp3) is 0.667. The highest BCUT2D eigenvalue weighted by Crippen LogP contribution is 2.33. The fourth-order valence-electron chi connectivity index (χ4n) is 2.05. The normalized spacial score (nSPS) is 17.1. The van der Waals surface area contributed by atoms with E-state index in [-0.39, 0.29) is 12.5 Å². The Kier molecular flexibility index (Phi) is 3.77. The highest BCUT2D eigenvalue weighted by atomic mass is 19.4. The van der Waals surface area contributed by atoms with Crippen molar-refractivity contribution in [3.63, 3.8) is 0 Å². The Hall–Kier alpha value is -1.57. The van der Waals surface area contributed by atoms with E-state index in [1.54, 1.807) is 0 Å². The second kappa shape index (κ2) is 5.08. The van der Waals surface area contributed by atoms with Crippen molar-refractivity contribution in [2.24, 2.45) is 13.0 Å². The van der Waals surface area contributed by atoms with E-state index in [1.807, 2.05) is 0 Å². The molecular weight excluding hydrogens is 275 g/mol. The van der Waals surface area contributed by atoms with Crippen molar-refractivity contribution in [3.8, 4) is 0 Å². The topological polar surface area (TPSA) is 58.4 Å². The molecule has 1 N–H and O–H groups in total. The third-order valence-electron chi connectivity index (χ3n) is 3.30. The van der Waals surface area contributed by atoms with Crippen molar-refractivity contribution in [1.82, 2.24) is 14.7 Å². The number of aliphatic hydroxyl groups is 1. The van der Waals surface area contributed by atoms with Gasteiger partial charge in [-0.15, -0.1) is 0 Å². The maximum Gasteiger partial charge on any atom is 0.435 e. The molecule has 1 amide bonds. The summed E-state index contributed by atoms with van der Waals surface area (Å²) >= 11 is 0. The lowest BCUT2D eigenvalue weighted by molar-refractivity contribution is -0.141. The first-order valence-corrected chi connectivity index (χ1v) is 6.24. The van der Waals surface area contributed by atoms with Crippen LogP contribution < -0.4 is 0 Å². The number of aromatic nitrogens is 2. The van der Waals surface area contributed by atoms with Gasteiger partial charge in [0.2, 0.25) is 0 Å². The van der Waals surface area contributed by atoms with Gasteiger partial charge in [-0.25, -0.2) is 0 Å². The van der Waals surface area contributed by atoms with E-state index in [0.29, 0.717) is 0 Å².